The number of pyridine rings is 2. The molecule has 2 aromatic heterocycles. The fourth-order valence-electron chi connectivity index (χ4n) is 4.20. The smallest absolute Gasteiger partial charge is 0.194 e. The first-order valence-corrected chi connectivity index (χ1v) is 11.3. The van der Waals surface area contributed by atoms with Crippen molar-refractivity contribution in [3.05, 3.63) is 48.3 Å². The maximum Gasteiger partial charge on any atom is 0.194 e. The third kappa shape index (κ3) is 5.44. The Balaban J connectivity index is 1.25. The van der Waals surface area contributed by atoms with Gasteiger partial charge in [0, 0.05) is 78.3 Å². The van der Waals surface area contributed by atoms with Crippen LogP contribution in [0.5, 0.6) is 0 Å². The third-order valence-electron chi connectivity index (χ3n) is 6.17. The SMILES string of the molecule is CCN1CCN(c2ccc(CNC(=NC)N3CCN(c4ccccn4)CC3)cn2)CC1. The predicted octanol–water partition coefficient (Wildman–Crippen LogP) is 1.52. The van der Waals surface area contributed by atoms with Crippen LogP contribution in [-0.2, 0) is 6.54 Å². The van der Waals surface area contributed by atoms with Crippen molar-refractivity contribution in [1.82, 2.24) is 25.1 Å². The molecule has 0 unspecified atom stereocenters. The lowest BCUT2D eigenvalue weighted by molar-refractivity contribution is 0.270. The summed E-state index contributed by atoms with van der Waals surface area (Å²) < 4.78 is 0. The summed E-state index contributed by atoms with van der Waals surface area (Å²) in [6.45, 7) is 12.2. The van der Waals surface area contributed by atoms with Gasteiger partial charge in [-0.25, -0.2) is 9.97 Å². The minimum atomic E-state index is 0.726. The quantitative estimate of drug-likeness (QED) is 0.579. The van der Waals surface area contributed by atoms with Crippen LogP contribution in [0.3, 0.4) is 0 Å². The van der Waals surface area contributed by atoms with Gasteiger partial charge in [-0.3, -0.25) is 4.99 Å². The average Bonchev–Trinajstić information content (AvgIpc) is 2.86. The topological polar surface area (TPSA) is 63.1 Å². The molecule has 2 aromatic rings. The summed E-state index contributed by atoms with van der Waals surface area (Å²) in [6, 6.07) is 10.4. The summed E-state index contributed by atoms with van der Waals surface area (Å²) >= 11 is 0. The Kier molecular flexibility index (Phi) is 7.19. The highest BCUT2D eigenvalue weighted by atomic mass is 15.4. The zero-order valence-corrected chi connectivity index (χ0v) is 18.7. The Morgan fingerprint density at radius 3 is 2.19 bits per heavy atom. The van der Waals surface area contributed by atoms with E-state index in [2.05, 4.69) is 60.0 Å². The molecule has 0 bridgehead atoms. The van der Waals surface area contributed by atoms with Gasteiger partial charge in [0.2, 0.25) is 0 Å². The molecule has 0 aliphatic carbocycles. The van der Waals surface area contributed by atoms with Gasteiger partial charge in [0.15, 0.2) is 5.96 Å². The number of likely N-dealkylation sites (N-methyl/N-ethyl adjacent to an activating group) is 1. The fraction of sp³-hybridized carbons (Fsp3) is 0.522. The third-order valence-corrected chi connectivity index (χ3v) is 6.17. The lowest BCUT2D eigenvalue weighted by atomic mass is 10.2. The Hall–Kier alpha value is -2.87. The molecule has 2 aliphatic rings. The second-order valence-electron chi connectivity index (χ2n) is 8.01. The van der Waals surface area contributed by atoms with Gasteiger partial charge < -0.3 is 24.9 Å². The van der Waals surface area contributed by atoms with Gasteiger partial charge in [-0.05, 0) is 30.3 Å². The van der Waals surface area contributed by atoms with Crippen LogP contribution >= 0.6 is 0 Å². The molecule has 8 nitrogen and oxygen atoms in total. The number of guanidine groups is 1. The number of nitrogens with zero attached hydrogens (tertiary/aromatic N) is 7. The second kappa shape index (κ2) is 10.4. The lowest BCUT2D eigenvalue weighted by Gasteiger charge is -2.37. The summed E-state index contributed by atoms with van der Waals surface area (Å²) in [5.74, 6) is 3.07. The number of aromatic nitrogens is 2. The highest BCUT2D eigenvalue weighted by Crippen LogP contribution is 2.15. The molecular weight excluding hydrogens is 388 g/mol. The molecular formula is C23H34N8. The molecule has 8 heteroatoms. The zero-order chi connectivity index (χ0) is 21.5. The van der Waals surface area contributed by atoms with E-state index in [1.807, 2.05) is 31.6 Å². The Labute approximate surface area is 185 Å². The first-order valence-electron chi connectivity index (χ1n) is 11.3. The van der Waals surface area contributed by atoms with Crippen molar-refractivity contribution in [2.45, 2.75) is 13.5 Å². The molecule has 4 rings (SSSR count). The van der Waals surface area contributed by atoms with Crippen molar-refractivity contribution >= 4 is 17.6 Å². The molecule has 2 saturated heterocycles. The largest absolute Gasteiger partial charge is 0.354 e. The summed E-state index contributed by atoms with van der Waals surface area (Å²) in [5, 5.41) is 3.50. The van der Waals surface area contributed by atoms with Crippen LogP contribution in [-0.4, -0.2) is 91.7 Å². The van der Waals surface area contributed by atoms with Crippen LogP contribution in [0.25, 0.3) is 0 Å². The van der Waals surface area contributed by atoms with Gasteiger partial charge in [-0.1, -0.05) is 19.1 Å². The van der Waals surface area contributed by atoms with Gasteiger partial charge in [0.05, 0.1) is 0 Å². The highest BCUT2D eigenvalue weighted by molar-refractivity contribution is 5.80. The number of piperazine rings is 2. The van der Waals surface area contributed by atoms with E-state index < -0.39 is 0 Å². The predicted molar refractivity (Wildman–Crippen MR) is 127 cm³/mol. The van der Waals surface area contributed by atoms with Crippen molar-refractivity contribution in [2.75, 3.05) is 75.8 Å². The molecule has 2 fully saturated rings. The molecule has 31 heavy (non-hydrogen) atoms. The van der Waals surface area contributed by atoms with Gasteiger partial charge >= 0.3 is 0 Å². The van der Waals surface area contributed by atoms with E-state index in [-0.39, 0.29) is 0 Å². The Bertz CT molecular complexity index is 822. The van der Waals surface area contributed by atoms with Crippen LogP contribution in [0.15, 0.2) is 47.7 Å². The zero-order valence-electron chi connectivity index (χ0n) is 18.7. The molecule has 166 valence electrons. The maximum absolute atomic E-state index is 4.71. The van der Waals surface area contributed by atoms with E-state index in [9.17, 15) is 0 Å². The van der Waals surface area contributed by atoms with Gasteiger partial charge in [0.1, 0.15) is 11.6 Å². The molecule has 0 saturated carbocycles. The van der Waals surface area contributed by atoms with Crippen LogP contribution in [0.2, 0.25) is 0 Å². The van der Waals surface area contributed by atoms with Crippen molar-refractivity contribution < 1.29 is 0 Å². The lowest BCUT2D eigenvalue weighted by Crippen LogP contribution is -2.52. The monoisotopic (exact) mass is 422 g/mol. The number of nitrogens with one attached hydrogen (secondary N) is 1. The summed E-state index contributed by atoms with van der Waals surface area (Å²) in [5.41, 5.74) is 1.17. The van der Waals surface area contributed by atoms with Gasteiger partial charge in [-0.15, -0.1) is 0 Å². The van der Waals surface area contributed by atoms with E-state index in [1.54, 1.807) is 0 Å². The first kappa shape index (κ1) is 21.4. The Morgan fingerprint density at radius 2 is 1.61 bits per heavy atom. The van der Waals surface area contributed by atoms with Crippen molar-refractivity contribution in [3.63, 3.8) is 0 Å². The molecule has 0 spiro atoms. The normalized spacial score (nSPS) is 18.4. The molecule has 0 atom stereocenters. The Morgan fingerprint density at radius 1 is 0.903 bits per heavy atom. The van der Waals surface area contributed by atoms with Crippen molar-refractivity contribution in [1.29, 1.82) is 0 Å². The fourth-order valence-corrected chi connectivity index (χ4v) is 4.20. The number of anilines is 2. The standard InChI is InChI=1S/C23H34N8/c1-3-28-10-12-29(13-11-28)22-8-7-20(18-26-22)19-27-23(24-2)31-16-14-30(15-17-31)21-6-4-5-9-25-21/h4-9,18H,3,10-17,19H2,1-2H3,(H,24,27). The minimum Gasteiger partial charge on any atom is -0.354 e. The van der Waals surface area contributed by atoms with E-state index in [0.717, 1.165) is 83.0 Å². The summed E-state index contributed by atoms with van der Waals surface area (Å²) in [7, 11) is 1.85. The number of hydrogen-bond acceptors (Lipinski definition) is 6. The van der Waals surface area contributed by atoms with Crippen LogP contribution in [0.4, 0.5) is 11.6 Å². The summed E-state index contributed by atoms with van der Waals surface area (Å²) in [6.07, 6.45) is 3.84. The molecule has 0 aromatic carbocycles. The van der Waals surface area contributed by atoms with E-state index >= 15 is 0 Å². The van der Waals surface area contributed by atoms with E-state index in [1.165, 1.54) is 5.56 Å². The maximum atomic E-state index is 4.71. The highest BCUT2D eigenvalue weighted by Gasteiger charge is 2.20. The molecule has 4 heterocycles. The van der Waals surface area contributed by atoms with Crippen molar-refractivity contribution in [3.8, 4) is 0 Å². The summed E-state index contributed by atoms with van der Waals surface area (Å²) in [4.78, 5) is 23.2. The molecule has 0 amide bonds. The molecule has 0 radical (unpaired) electrons. The minimum absolute atomic E-state index is 0.726. The number of aliphatic imine (C=N–C) groups is 1. The average molecular weight is 423 g/mol. The second-order valence-corrected chi connectivity index (χ2v) is 8.01. The van der Waals surface area contributed by atoms with Crippen LogP contribution in [0, 0.1) is 0 Å². The van der Waals surface area contributed by atoms with Crippen LogP contribution < -0.4 is 15.1 Å². The van der Waals surface area contributed by atoms with Gasteiger partial charge in [-0.2, -0.15) is 0 Å². The van der Waals surface area contributed by atoms with Gasteiger partial charge in [0.25, 0.3) is 0 Å². The number of hydrogen-bond donors (Lipinski definition) is 1. The van der Waals surface area contributed by atoms with Crippen molar-refractivity contribution in [2.24, 2.45) is 4.99 Å². The molecule has 2 aliphatic heterocycles. The van der Waals surface area contributed by atoms with E-state index in [0.29, 0.717) is 0 Å². The first-order chi connectivity index (χ1) is 15.3. The van der Waals surface area contributed by atoms with E-state index in [4.69, 9.17) is 4.98 Å². The van der Waals surface area contributed by atoms with Crippen LogP contribution in [0.1, 0.15) is 12.5 Å². The molecule has 1 N–H and O–H groups in total. The number of rotatable bonds is 5.